The summed E-state index contributed by atoms with van der Waals surface area (Å²) in [6.45, 7) is 1.53. The number of hydrogen-bond donors (Lipinski definition) is 0. The number of ether oxygens (including phenoxy) is 2. The molecule has 19 heavy (non-hydrogen) atoms. The van der Waals surface area contributed by atoms with Gasteiger partial charge in [-0.3, -0.25) is 4.68 Å². The van der Waals surface area contributed by atoms with Crippen molar-refractivity contribution in [3.05, 3.63) is 18.0 Å². The highest BCUT2D eigenvalue weighted by atomic mass is 16.7. The van der Waals surface area contributed by atoms with E-state index in [-0.39, 0.29) is 18.9 Å². The van der Waals surface area contributed by atoms with E-state index in [4.69, 9.17) is 4.84 Å². The minimum absolute atomic E-state index is 0.118. The molecular weight excluding hydrogens is 254 g/mol. The van der Waals surface area contributed by atoms with Gasteiger partial charge in [-0.1, -0.05) is 5.16 Å². The molecule has 0 aromatic carbocycles. The fraction of sp³-hybridized carbons (Fsp3) is 0.455. The van der Waals surface area contributed by atoms with E-state index in [1.165, 1.54) is 11.8 Å². The summed E-state index contributed by atoms with van der Waals surface area (Å²) in [5.41, 5.74) is 0.172. The lowest BCUT2D eigenvalue weighted by Gasteiger charge is -2.03. The molecule has 0 atom stereocenters. The molecule has 0 radical (unpaired) electrons. The molecule has 0 aliphatic heterocycles. The summed E-state index contributed by atoms with van der Waals surface area (Å²) < 4.78 is 10.7. The van der Waals surface area contributed by atoms with E-state index in [0.717, 1.165) is 0 Å². The Balaban J connectivity index is 2.75. The molecule has 1 rings (SSSR count). The Morgan fingerprint density at radius 3 is 2.74 bits per heavy atom. The average molecular weight is 269 g/mol. The number of hydrogen-bond acceptors (Lipinski definition) is 7. The lowest BCUT2D eigenvalue weighted by molar-refractivity contribution is -0.148. The summed E-state index contributed by atoms with van der Waals surface area (Å²) in [4.78, 5) is 27.3. The molecule has 8 nitrogen and oxygen atoms in total. The van der Waals surface area contributed by atoms with E-state index in [0.29, 0.717) is 5.69 Å². The Bertz CT molecular complexity index is 480. The number of aryl methyl sites for hydroxylation is 1. The molecule has 0 amide bonds. The fourth-order valence-corrected chi connectivity index (χ4v) is 1.18. The van der Waals surface area contributed by atoms with Gasteiger partial charge in [0, 0.05) is 13.2 Å². The highest BCUT2D eigenvalue weighted by molar-refractivity contribution is 6.42. The van der Waals surface area contributed by atoms with Crippen LogP contribution in [0.4, 0.5) is 0 Å². The molecule has 104 valence electrons. The van der Waals surface area contributed by atoms with Gasteiger partial charge in [-0.15, -0.1) is 0 Å². The van der Waals surface area contributed by atoms with Crippen molar-refractivity contribution in [2.75, 3.05) is 20.3 Å². The first-order valence-corrected chi connectivity index (χ1v) is 5.52. The molecule has 0 saturated heterocycles. The van der Waals surface area contributed by atoms with Gasteiger partial charge in [0.2, 0.25) is 12.3 Å². The van der Waals surface area contributed by atoms with Crippen molar-refractivity contribution in [1.82, 2.24) is 9.78 Å². The van der Waals surface area contributed by atoms with E-state index >= 15 is 0 Å². The van der Waals surface area contributed by atoms with Crippen molar-refractivity contribution >= 4 is 17.7 Å². The summed E-state index contributed by atoms with van der Waals surface area (Å²) in [6, 6.07) is 1.57. The normalized spacial score (nSPS) is 11.0. The minimum Gasteiger partial charge on any atom is -0.464 e. The summed E-state index contributed by atoms with van der Waals surface area (Å²) in [6.07, 6.45) is 1.64. The lowest BCUT2D eigenvalue weighted by atomic mass is 10.3. The number of carbonyl (C=O) groups is 2. The summed E-state index contributed by atoms with van der Waals surface area (Å²) in [5.74, 6) is -1.28. The first-order chi connectivity index (χ1) is 9.08. The number of methoxy groups -OCH3 is 1. The Hall–Kier alpha value is -2.38. The number of carbonyl (C=O) groups excluding carboxylic acids is 2. The Labute approximate surface area is 109 Å². The van der Waals surface area contributed by atoms with Crippen LogP contribution in [0.25, 0.3) is 0 Å². The zero-order valence-electron chi connectivity index (χ0n) is 11.0. The highest BCUT2D eigenvalue weighted by Gasteiger charge is 2.18. The SMILES string of the molecule is CCOC(=O)CON=C(C(=O)OC)c1ccn(C)n1. The number of nitrogens with zero attached hydrogens (tertiary/aromatic N) is 3. The van der Waals surface area contributed by atoms with Crippen LogP contribution in [0.2, 0.25) is 0 Å². The van der Waals surface area contributed by atoms with E-state index in [1.807, 2.05) is 0 Å². The zero-order valence-corrected chi connectivity index (χ0v) is 11.0. The number of oxime groups is 1. The standard InChI is InChI=1S/C11H15N3O5/c1-4-18-9(15)7-19-13-10(11(16)17-3)8-5-6-14(2)12-8/h5-6H,4,7H2,1-3H3. The molecule has 0 bridgehead atoms. The van der Waals surface area contributed by atoms with E-state index in [2.05, 4.69) is 19.7 Å². The molecule has 0 unspecified atom stereocenters. The van der Waals surface area contributed by atoms with Crippen LogP contribution in [0, 0.1) is 0 Å². The van der Waals surface area contributed by atoms with Crippen molar-refractivity contribution in [3.8, 4) is 0 Å². The van der Waals surface area contributed by atoms with Gasteiger partial charge < -0.3 is 14.3 Å². The van der Waals surface area contributed by atoms with Crippen LogP contribution in [0.3, 0.4) is 0 Å². The third kappa shape index (κ3) is 4.41. The molecule has 0 aliphatic carbocycles. The Morgan fingerprint density at radius 1 is 1.47 bits per heavy atom. The maximum Gasteiger partial charge on any atom is 0.362 e. The van der Waals surface area contributed by atoms with Gasteiger partial charge in [-0.05, 0) is 13.0 Å². The van der Waals surface area contributed by atoms with Crippen LogP contribution in [0.1, 0.15) is 12.6 Å². The van der Waals surface area contributed by atoms with Crippen LogP contribution >= 0.6 is 0 Å². The summed E-state index contributed by atoms with van der Waals surface area (Å²) in [5, 5.41) is 7.57. The Morgan fingerprint density at radius 2 is 2.21 bits per heavy atom. The molecule has 8 heteroatoms. The second-order valence-electron chi connectivity index (χ2n) is 3.38. The van der Waals surface area contributed by atoms with E-state index in [1.54, 1.807) is 26.2 Å². The zero-order chi connectivity index (χ0) is 14.3. The minimum atomic E-state index is -0.706. The van der Waals surface area contributed by atoms with Crippen molar-refractivity contribution in [2.24, 2.45) is 12.2 Å². The largest absolute Gasteiger partial charge is 0.464 e. The highest BCUT2D eigenvalue weighted by Crippen LogP contribution is 2.00. The molecule has 1 aromatic heterocycles. The van der Waals surface area contributed by atoms with Gasteiger partial charge in [0.25, 0.3) is 0 Å². The second-order valence-corrected chi connectivity index (χ2v) is 3.38. The van der Waals surface area contributed by atoms with E-state index < -0.39 is 11.9 Å². The molecule has 0 N–H and O–H groups in total. The molecule has 0 saturated carbocycles. The first-order valence-electron chi connectivity index (χ1n) is 5.52. The Kier molecular flexibility index (Phi) is 5.52. The molecular formula is C11H15N3O5. The van der Waals surface area contributed by atoms with Crippen molar-refractivity contribution in [2.45, 2.75) is 6.92 Å². The van der Waals surface area contributed by atoms with Crippen LogP contribution in [0.5, 0.6) is 0 Å². The van der Waals surface area contributed by atoms with Gasteiger partial charge in [-0.2, -0.15) is 5.10 Å². The van der Waals surface area contributed by atoms with Gasteiger partial charge in [0.05, 0.1) is 13.7 Å². The summed E-state index contributed by atoms with van der Waals surface area (Å²) in [7, 11) is 2.91. The third-order valence-electron chi connectivity index (χ3n) is 1.98. The van der Waals surface area contributed by atoms with Crippen LogP contribution < -0.4 is 0 Å². The van der Waals surface area contributed by atoms with Gasteiger partial charge in [0.1, 0.15) is 5.69 Å². The molecule has 1 aromatic rings. The van der Waals surface area contributed by atoms with Gasteiger partial charge in [-0.25, -0.2) is 9.59 Å². The van der Waals surface area contributed by atoms with Crippen molar-refractivity contribution < 1.29 is 23.9 Å². The summed E-state index contributed by atoms with van der Waals surface area (Å²) >= 11 is 0. The van der Waals surface area contributed by atoms with Crippen molar-refractivity contribution in [1.29, 1.82) is 0 Å². The predicted molar refractivity (Wildman–Crippen MR) is 64.3 cm³/mol. The smallest absolute Gasteiger partial charge is 0.362 e. The van der Waals surface area contributed by atoms with Crippen LogP contribution in [-0.2, 0) is 30.9 Å². The van der Waals surface area contributed by atoms with E-state index in [9.17, 15) is 9.59 Å². The molecule has 1 heterocycles. The topological polar surface area (TPSA) is 92.0 Å². The second kappa shape index (κ2) is 7.14. The first kappa shape index (κ1) is 14.7. The maximum atomic E-state index is 11.5. The quantitative estimate of drug-likeness (QED) is 0.406. The van der Waals surface area contributed by atoms with Crippen molar-refractivity contribution in [3.63, 3.8) is 0 Å². The number of rotatable bonds is 6. The molecule has 0 spiro atoms. The average Bonchev–Trinajstić information content (AvgIpc) is 2.80. The predicted octanol–water partition coefficient (Wildman–Crippen LogP) is -0.123. The van der Waals surface area contributed by atoms with Crippen LogP contribution in [0.15, 0.2) is 17.4 Å². The monoisotopic (exact) mass is 269 g/mol. The molecule has 0 aliphatic rings. The van der Waals surface area contributed by atoms with Crippen LogP contribution in [-0.4, -0.2) is 47.8 Å². The van der Waals surface area contributed by atoms with Gasteiger partial charge >= 0.3 is 11.9 Å². The molecule has 0 fully saturated rings. The lowest BCUT2D eigenvalue weighted by Crippen LogP contribution is -2.20. The number of aromatic nitrogens is 2. The maximum absolute atomic E-state index is 11.5. The van der Waals surface area contributed by atoms with Gasteiger partial charge in [0.15, 0.2) is 0 Å². The third-order valence-corrected chi connectivity index (χ3v) is 1.98. The number of esters is 2. The fourth-order valence-electron chi connectivity index (χ4n) is 1.18.